The van der Waals surface area contributed by atoms with Gasteiger partial charge in [0, 0.05) is 6.04 Å². The van der Waals surface area contributed by atoms with Gasteiger partial charge >= 0.3 is 5.97 Å². The summed E-state index contributed by atoms with van der Waals surface area (Å²) in [4.78, 5) is 24.4. The van der Waals surface area contributed by atoms with Gasteiger partial charge in [0.05, 0.1) is 5.56 Å². The molecule has 1 amide bonds. The lowest BCUT2D eigenvalue weighted by Gasteiger charge is -2.34. The van der Waals surface area contributed by atoms with Gasteiger partial charge in [-0.25, -0.2) is 4.79 Å². The molecule has 0 aliphatic heterocycles. The van der Waals surface area contributed by atoms with Gasteiger partial charge in [0.1, 0.15) is 12.4 Å². The molecule has 5 heteroatoms. The molecule has 0 radical (unpaired) electrons. The highest BCUT2D eigenvalue weighted by molar-refractivity contribution is 5.91. The summed E-state index contributed by atoms with van der Waals surface area (Å²) in [6.45, 7) is 4.59. The van der Waals surface area contributed by atoms with E-state index in [-0.39, 0.29) is 18.6 Å². The van der Waals surface area contributed by atoms with E-state index in [1.54, 1.807) is 24.3 Å². The molecule has 1 saturated carbocycles. The molecule has 3 rings (SSSR count). The van der Waals surface area contributed by atoms with Gasteiger partial charge in [-0.1, -0.05) is 57.0 Å². The first-order chi connectivity index (χ1) is 14.0. The highest BCUT2D eigenvalue weighted by Gasteiger charge is 2.28. The van der Waals surface area contributed by atoms with Crippen LogP contribution in [-0.2, 0) is 16.1 Å². The molecule has 1 fully saturated rings. The molecule has 1 N–H and O–H groups in total. The Labute approximate surface area is 172 Å². The minimum Gasteiger partial charge on any atom is -0.489 e. The fourth-order valence-corrected chi connectivity index (χ4v) is 3.68. The highest BCUT2D eigenvalue weighted by atomic mass is 16.5. The van der Waals surface area contributed by atoms with Crippen molar-refractivity contribution in [3.8, 4) is 5.75 Å². The van der Waals surface area contributed by atoms with E-state index < -0.39 is 5.97 Å². The van der Waals surface area contributed by atoms with Gasteiger partial charge in [0.2, 0.25) is 0 Å². The zero-order valence-electron chi connectivity index (χ0n) is 17.1. The van der Waals surface area contributed by atoms with Crippen molar-refractivity contribution in [2.75, 3.05) is 6.61 Å². The summed E-state index contributed by atoms with van der Waals surface area (Å²) < 4.78 is 10.9. The maximum absolute atomic E-state index is 12.2. The third-order valence-electron chi connectivity index (χ3n) is 5.73. The molecule has 0 saturated heterocycles. The summed E-state index contributed by atoms with van der Waals surface area (Å²) in [7, 11) is 0. The molecule has 2 aromatic carbocycles. The standard InChI is InChI=1S/C24H29NO4/c1-17-7-6-10-22(18(17)2)25-23(26)16-29-24(27)20-11-13-21(14-12-20)28-15-19-8-4-3-5-9-19/h3-5,8-9,11-14,17-18,22H,6-7,10,15-16H2,1-2H3,(H,25,26)/t17-,18+,22-/m0/s1. The SMILES string of the molecule is C[C@H]1[C@@H](NC(=O)COC(=O)c2ccc(OCc3ccccc3)cc2)CCC[C@@H]1C. The van der Waals surface area contributed by atoms with Crippen LogP contribution in [0.1, 0.15) is 49.0 Å². The molecular formula is C24H29NO4. The molecule has 0 bridgehead atoms. The monoisotopic (exact) mass is 395 g/mol. The predicted molar refractivity (Wildman–Crippen MR) is 112 cm³/mol. The maximum Gasteiger partial charge on any atom is 0.338 e. The van der Waals surface area contributed by atoms with E-state index in [4.69, 9.17) is 9.47 Å². The van der Waals surface area contributed by atoms with Crippen LogP contribution in [0.2, 0.25) is 0 Å². The molecule has 1 aliphatic carbocycles. The molecule has 0 heterocycles. The predicted octanol–water partition coefficient (Wildman–Crippen LogP) is 4.36. The second kappa shape index (κ2) is 10.1. The summed E-state index contributed by atoms with van der Waals surface area (Å²) in [6.07, 6.45) is 3.30. The fraction of sp³-hybridized carbons (Fsp3) is 0.417. The van der Waals surface area contributed by atoms with Crippen LogP contribution < -0.4 is 10.1 Å². The zero-order valence-corrected chi connectivity index (χ0v) is 17.1. The Bertz CT molecular complexity index is 803. The lowest BCUT2D eigenvalue weighted by atomic mass is 9.78. The first kappa shape index (κ1) is 20.9. The van der Waals surface area contributed by atoms with Gasteiger partial charge in [0.25, 0.3) is 5.91 Å². The number of nitrogens with one attached hydrogen (secondary N) is 1. The molecule has 5 nitrogen and oxygen atoms in total. The summed E-state index contributed by atoms with van der Waals surface area (Å²) in [5.41, 5.74) is 1.47. The Balaban J connectivity index is 1.43. The molecule has 0 unspecified atom stereocenters. The van der Waals surface area contributed by atoms with Crippen molar-refractivity contribution < 1.29 is 19.1 Å². The average Bonchev–Trinajstić information content (AvgIpc) is 2.75. The van der Waals surface area contributed by atoms with Crippen LogP contribution in [0.5, 0.6) is 5.75 Å². The van der Waals surface area contributed by atoms with E-state index in [1.807, 2.05) is 30.3 Å². The van der Waals surface area contributed by atoms with Gasteiger partial charge in [-0.3, -0.25) is 4.79 Å². The number of hydrogen-bond donors (Lipinski definition) is 1. The molecule has 0 aromatic heterocycles. The van der Waals surface area contributed by atoms with Crippen LogP contribution in [0.3, 0.4) is 0 Å². The lowest BCUT2D eigenvalue weighted by Crippen LogP contribution is -2.45. The quantitative estimate of drug-likeness (QED) is 0.708. The number of carbonyl (C=O) groups excluding carboxylic acids is 2. The fourth-order valence-electron chi connectivity index (χ4n) is 3.68. The van der Waals surface area contributed by atoms with Gasteiger partial charge in [-0.15, -0.1) is 0 Å². The summed E-state index contributed by atoms with van der Waals surface area (Å²) in [6, 6.07) is 16.8. The third-order valence-corrected chi connectivity index (χ3v) is 5.73. The number of benzene rings is 2. The lowest BCUT2D eigenvalue weighted by molar-refractivity contribution is -0.125. The molecule has 154 valence electrons. The van der Waals surface area contributed by atoms with Crippen LogP contribution in [0, 0.1) is 11.8 Å². The Kier molecular flexibility index (Phi) is 7.28. The molecule has 0 spiro atoms. The van der Waals surface area contributed by atoms with Crippen molar-refractivity contribution in [3.63, 3.8) is 0 Å². The van der Waals surface area contributed by atoms with Gasteiger partial charge in [-0.05, 0) is 48.1 Å². The van der Waals surface area contributed by atoms with E-state index in [0.29, 0.717) is 29.8 Å². The second-order valence-corrected chi connectivity index (χ2v) is 7.82. The zero-order chi connectivity index (χ0) is 20.6. The summed E-state index contributed by atoms with van der Waals surface area (Å²) in [5.74, 6) is 0.946. The van der Waals surface area contributed by atoms with Crippen LogP contribution in [0.4, 0.5) is 0 Å². The molecule has 2 aromatic rings. The highest BCUT2D eigenvalue weighted by Crippen LogP contribution is 2.29. The van der Waals surface area contributed by atoms with Crippen molar-refractivity contribution in [3.05, 3.63) is 65.7 Å². The van der Waals surface area contributed by atoms with E-state index in [9.17, 15) is 9.59 Å². The minimum absolute atomic E-state index is 0.158. The van der Waals surface area contributed by atoms with Crippen molar-refractivity contribution in [2.45, 2.75) is 45.8 Å². The van der Waals surface area contributed by atoms with Gasteiger partial charge in [-0.2, -0.15) is 0 Å². The normalized spacial score (nSPS) is 21.2. The number of carbonyl (C=O) groups is 2. The van der Waals surface area contributed by atoms with Crippen molar-refractivity contribution >= 4 is 11.9 Å². The average molecular weight is 395 g/mol. The van der Waals surface area contributed by atoms with Crippen LogP contribution in [0.15, 0.2) is 54.6 Å². The Hall–Kier alpha value is -2.82. The van der Waals surface area contributed by atoms with E-state index in [2.05, 4.69) is 19.2 Å². The van der Waals surface area contributed by atoms with Gasteiger partial charge in [0.15, 0.2) is 6.61 Å². The Morgan fingerprint density at radius 1 is 1.00 bits per heavy atom. The second-order valence-electron chi connectivity index (χ2n) is 7.82. The number of rotatable bonds is 7. The van der Waals surface area contributed by atoms with E-state index >= 15 is 0 Å². The first-order valence-corrected chi connectivity index (χ1v) is 10.3. The molecule has 3 atom stereocenters. The Morgan fingerprint density at radius 3 is 2.45 bits per heavy atom. The van der Waals surface area contributed by atoms with Crippen molar-refractivity contribution in [2.24, 2.45) is 11.8 Å². The smallest absolute Gasteiger partial charge is 0.338 e. The number of esters is 1. The molecule has 1 aliphatic rings. The topological polar surface area (TPSA) is 64.6 Å². The molecule has 29 heavy (non-hydrogen) atoms. The van der Waals surface area contributed by atoms with E-state index in [1.165, 1.54) is 6.42 Å². The summed E-state index contributed by atoms with van der Waals surface area (Å²) in [5, 5.41) is 3.01. The number of amides is 1. The van der Waals surface area contributed by atoms with Crippen LogP contribution in [-0.4, -0.2) is 24.5 Å². The Morgan fingerprint density at radius 2 is 1.72 bits per heavy atom. The largest absolute Gasteiger partial charge is 0.489 e. The first-order valence-electron chi connectivity index (χ1n) is 10.3. The van der Waals surface area contributed by atoms with E-state index in [0.717, 1.165) is 18.4 Å². The third kappa shape index (κ3) is 6.08. The van der Waals surface area contributed by atoms with Crippen molar-refractivity contribution in [1.29, 1.82) is 0 Å². The number of ether oxygens (including phenoxy) is 2. The van der Waals surface area contributed by atoms with Crippen LogP contribution in [0.25, 0.3) is 0 Å². The van der Waals surface area contributed by atoms with Crippen LogP contribution >= 0.6 is 0 Å². The van der Waals surface area contributed by atoms with Gasteiger partial charge < -0.3 is 14.8 Å². The molecular weight excluding hydrogens is 366 g/mol. The summed E-state index contributed by atoms with van der Waals surface area (Å²) >= 11 is 0. The van der Waals surface area contributed by atoms with Crippen molar-refractivity contribution in [1.82, 2.24) is 5.32 Å². The maximum atomic E-state index is 12.2. The number of hydrogen-bond acceptors (Lipinski definition) is 4. The minimum atomic E-state index is -0.514.